The molecule has 94 valence electrons. The zero-order valence-electron chi connectivity index (χ0n) is 10.6. The Morgan fingerprint density at radius 2 is 2.00 bits per heavy atom. The molecule has 0 aliphatic carbocycles. The lowest BCUT2D eigenvalue weighted by Gasteiger charge is -2.09. The fourth-order valence-corrected chi connectivity index (χ4v) is 2.14. The minimum atomic E-state index is 0.463. The maximum absolute atomic E-state index is 5.67. The molecule has 1 atom stereocenters. The van der Waals surface area contributed by atoms with E-state index < -0.39 is 0 Å². The van der Waals surface area contributed by atoms with E-state index in [2.05, 4.69) is 42.5 Å². The Labute approximate surface area is 117 Å². The molecule has 0 fully saturated rings. The summed E-state index contributed by atoms with van der Waals surface area (Å²) in [6.07, 6.45) is 2.22. The summed E-state index contributed by atoms with van der Waals surface area (Å²) in [6.45, 7) is 5.67. The molecule has 0 saturated heterocycles. The topological polar surface area (TPSA) is 18.5 Å². The van der Waals surface area contributed by atoms with Crippen molar-refractivity contribution in [3.63, 3.8) is 0 Å². The van der Waals surface area contributed by atoms with Crippen molar-refractivity contribution in [1.82, 2.24) is 0 Å². The van der Waals surface area contributed by atoms with Crippen LogP contribution in [0.15, 0.2) is 33.9 Å². The molecule has 2 nitrogen and oxygen atoms in total. The average Bonchev–Trinajstić information content (AvgIpc) is 2.29. The lowest BCUT2D eigenvalue weighted by molar-refractivity contribution is 0.104. The Kier molecular flexibility index (Phi) is 6.58. The second-order valence-electron chi connectivity index (χ2n) is 4.09. The second-order valence-corrected chi connectivity index (χ2v) is 5.80. The number of hydrogen-bond acceptors (Lipinski definition) is 2. The van der Waals surface area contributed by atoms with Gasteiger partial charge in [0.15, 0.2) is 0 Å². The first-order chi connectivity index (χ1) is 8.11. The van der Waals surface area contributed by atoms with Gasteiger partial charge in [-0.05, 0) is 56.7 Å². The summed E-state index contributed by atoms with van der Waals surface area (Å²) >= 11 is 2.32. The fraction of sp³-hybridized carbons (Fsp3) is 0.429. The predicted octanol–water partition coefficient (Wildman–Crippen LogP) is 4.19. The normalized spacial score (nSPS) is 13.5. The number of benzene rings is 1. The predicted molar refractivity (Wildman–Crippen MR) is 79.6 cm³/mol. The van der Waals surface area contributed by atoms with Gasteiger partial charge in [-0.25, -0.2) is 0 Å². The molecule has 1 aromatic rings. The van der Waals surface area contributed by atoms with Crippen molar-refractivity contribution in [2.45, 2.75) is 20.5 Å². The van der Waals surface area contributed by atoms with E-state index in [9.17, 15) is 0 Å². The molecule has 3 heteroatoms. The van der Waals surface area contributed by atoms with Crippen LogP contribution in [0.2, 0.25) is 0 Å². The van der Waals surface area contributed by atoms with Gasteiger partial charge >= 0.3 is 0 Å². The third-order valence-corrected chi connectivity index (χ3v) is 2.68. The zero-order valence-corrected chi connectivity index (χ0v) is 12.7. The molecule has 17 heavy (non-hydrogen) atoms. The van der Waals surface area contributed by atoms with Crippen molar-refractivity contribution in [3.05, 3.63) is 39.5 Å². The van der Waals surface area contributed by atoms with Crippen LogP contribution in [0.1, 0.15) is 19.4 Å². The monoisotopic (exact) mass is 346 g/mol. The Balaban J connectivity index is 2.33. The molecule has 0 amide bonds. The van der Waals surface area contributed by atoms with E-state index >= 15 is 0 Å². The molecule has 0 heterocycles. The van der Waals surface area contributed by atoms with Crippen molar-refractivity contribution in [3.8, 4) is 5.75 Å². The summed E-state index contributed by atoms with van der Waals surface area (Å²) in [5.74, 6) is 1.34. The highest BCUT2D eigenvalue weighted by Crippen LogP contribution is 2.13. The first-order valence-corrected chi connectivity index (χ1v) is 6.74. The van der Waals surface area contributed by atoms with Crippen molar-refractivity contribution in [2.75, 3.05) is 13.7 Å². The standard InChI is InChI=1S/C14H19IO2/c1-11(8-12(2)15)9-17-10-13-4-6-14(16-3)7-5-13/h4-8,11H,9-10H2,1-3H3/b12-8-/t11-/m1/s1. The quantitative estimate of drug-likeness (QED) is 0.720. The highest BCUT2D eigenvalue weighted by Gasteiger charge is 1.99. The maximum Gasteiger partial charge on any atom is 0.118 e. The Morgan fingerprint density at radius 3 is 2.53 bits per heavy atom. The second kappa shape index (κ2) is 7.71. The number of allylic oxidation sites excluding steroid dienone is 1. The van der Waals surface area contributed by atoms with Crippen molar-refractivity contribution >= 4 is 22.6 Å². The molecule has 1 rings (SSSR count). The fourth-order valence-electron chi connectivity index (χ4n) is 1.52. The minimum Gasteiger partial charge on any atom is -0.497 e. The van der Waals surface area contributed by atoms with E-state index in [1.54, 1.807) is 7.11 Å². The first kappa shape index (κ1) is 14.5. The van der Waals surface area contributed by atoms with Crippen LogP contribution >= 0.6 is 22.6 Å². The van der Waals surface area contributed by atoms with E-state index in [0.29, 0.717) is 12.5 Å². The Morgan fingerprint density at radius 1 is 1.35 bits per heavy atom. The van der Waals surface area contributed by atoms with Gasteiger partial charge in [0, 0.05) is 0 Å². The van der Waals surface area contributed by atoms with Gasteiger partial charge in [-0.2, -0.15) is 0 Å². The van der Waals surface area contributed by atoms with Crippen LogP contribution < -0.4 is 4.74 Å². The number of ether oxygens (including phenoxy) is 2. The molecule has 0 saturated carbocycles. The lowest BCUT2D eigenvalue weighted by Crippen LogP contribution is -2.03. The largest absolute Gasteiger partial charge is 0.497 e. The highest BCUT2D eigenvalue weighted by atomic mass is 127. The van der Waals surface area contributed by atoms with Crippen LogP contribution in [-0.2, 0) is 11.3 Å². The smallest absolute Gasteiger partial charge is 0.118 e. The van der Waals surface area contributed by atoms with E-state index in [0.717, 1.165) is 12.4 Å². The molecule has 0 spiro atoms. The van der Waals surface area contributed by atoms with E-state index in [1.165, 1.54) is 9.14 Å². The summed E-state index contributed by atoms with van der Waals surface area (Å²) in [7, 11) is 1.67. The average molecular weight is 346 g/mol. The van der Waals surface area contributed by atoms with E-state index in [-0.39, 0.29) is 0 Å². The third-order valence-electron chi connectivity index (χ3n) is 2.32. The van der Waals surface area contributed by atoms with Gasteiger partial charge in [-0.1, -0.05) is 25.1 Å². The Hall–Kier alpha value is -0.550. The molecule has 0 aliphatic heterocycles. The number of rotatable bonds is 6. The summed E-state index contributed by atoms with van der Waals surface area (Å²) in [5, 5.41) is 0. The molecular weight excluding hydrogens is 327 g/mol. The van der Waals surface area contributed by atoms with Gasteiger partial charge in [-0.3, -0.25) is 0 Å². The van der Waals surface area contributed by atoms with Crippen LogP contribution in [0, 0.1) is 5.92 Å². The maximum atomic E-state index is 5.67. The van der Waals surface area contributed by atoms with Crippen molar-refractivity contribution in [2.24, 2.45) is 5.92 Å². The number of hydrogen-bond donors (Lipinski definition) is 0. The van der Waals surface area contributed by atoms with Crippen LogP contribution in [0.5, 0.6) is 5.75 Å². The molecule has 0 aromatic heterocycles. The van der Waals surface area contributed by atoms with E-state index in [1.807, 2.05) is 24.3 Å². The first-order valence-electron chi connectivity index (χ1n) is 5.66. The summed E-state index contributed by atoms with van der Waals surface area (Å²) < 4.78 is 12.1. The minimum absolute atomic E-state index is 0.463. The molecule has 0 N–H and O–H groups in total. The third kappa shape index (κ3) is 6.07. The van der Waals surface area contributed by atoms with Crippen LogP contribution in [0.4, 0.5) is 0 Å². The summed E-state index contributed by atoms with van der Waals surface area (Å²) in [4.78, 5) is 0. The SMILES string of the molecule is COc1ccc(COC[C@H](C)/C=C(/C)I)cc1. The van der Waals surface area contributed by atoms with Gasteiger partial charge in [0.25, 0.3) is 0 Å². The van der Waals surface area contributed by atoms with Gasteiger partial charge in [-0.15, -0.1) is 0 Å². The molecule has 0 radical (unpaired) electrons. The van der Waals surface area contributed by atoms with Crippen LogP contribution in [-0.4, -0.2) is 13.7 Å². The van der Waals surface area contributed by atoms with E-state index in [4.69, 9.17) is 9.47 Å². The molecule has 0 bridgehead atoms. The van der Waals surface area contributed by atoms with Crippen LogP contribution in [0.25, 0.3) is 0 Å². The van der Waals surface area contributed by atoms with Crippen molar-refractivity contribution < 1.29 is 9.47 Å². The lowest BCUT2D eigenvalue weighted by atomic mass is 10.2. The van der Waals surface area contributed by atoms with Gasteiger partial charge < -0.3 is 9.47 Å². The van der Waals surface area contributed by atoms with Crippen molar-refractivity contribution in [1.29, 1.82) is 0 Å². The number of methoxy groups -OCH3 is 1. The molecule has 1 aromatic carbocycles. The van der Waals surface area contributed by atoms with Gasteiger partial charge in [0.1, 0.15) is 5.75 Å². The number of halogens is 1. The molecule has 0 unspecified atom stereocenters. The Bertz CT molecular complexity index is 353. The molecular formula is C14H19IO2. The summed E-state index contributed by atoms with van der Waals surface area (Å²) in [6, 6.07) is 7.97. The zero-order chi connectivity index (χ0) is 12.7. The molecule has 0 aliphatic rings. The summed E-state index contributed by atoms with van der Waals surface area (Å²) in [5.41, 5.74) is 1.17. The van der Waals surface area contributed by atoms with Gasteiger partial charge in [0.2, 0.25) is 0 Å². The van der Waals surface area contributed by atoms with Gasteiger partial charge in [0.05, 0.1) is 20.3 Å². The highest BCUT2D eigenvalue weighted by molar-refractivity contribution is 14.1. The van der Waals surface area contributed by atoms with Crippen LogP contribution in [0.3, 0.4) is 0 Å².